The Morgan fingerprint density at radius 2 is 0.964 bits per heavy atom. The monoisotopic (exact) mass is 713 g/mol. The normalized spacial score (nSPS) is 12.6. The van der Waals surface area contributed by atoms with Crippen LogP contribution < -0.4 is 0 Å². The molecule has 8 aromatic carbocycles. The third kappa shape index (κ3) is 3.39. The highest BCUT2D eigenvalue weighted by Crippen LogP contribution is 2.48. The van der Waals surface area contributed by atoms with Crippen LogP contribution in [0.2, 0.25) is 0 Å². The van der Waals surface area contributed by atoms with Crippen molar-refractivity contribution in [2.75, 3.05) is 0 Å². The van der Waals surface area contributed by atoms with Crippen LogP contribution in [0, 0.1) is 0 Å². The van der Waals surface area contributed by atoms with E-state index in [0.717, 1.165) is 44.2 Å². The lowest BCUT2D eigenvalue weighted by molar-refractivity contribution is 0.650. The first-order valence-corrected chi connectivity index (χ1v) is 19.0. The molecule has 258 valence electrons. The van der Waals surface area contributed by atoms with Crippen LogP contribution in [0.15, 0.2) is 168 Å². The Morgan fingerprint density at radius 3 is 1.71 bits per heavy atom. The maximum atomic E-state index is 6.68. The fourth-order valence-electron chi connectivity index (χ4n) is 10.00. The molecule has 0 saturated carbocycles. The fourth-order valence-corrected chi connectivity index (χ4v) is 10.00. The smallest absolute Gasteiger partial charge is 0.240 e. The van der Waals surface area contributed by atoms with Gasteiger partial charge in [-0.1, -0.05) is 121 Å². The molecule has 0 spiro atoms. The minimum Gasteiger partial charge on any atom is -0.437 e. The Labute approximate surface area is 317 Å². The average Bonchev–Trinajstić information content (AvgIpc) is 4.05. The number of aromatic nitrogens is 5. The van der Waals surface area contributed by atoms with Crippen LogP contribution in [0.4, 0.5) is 0 Å². The predicted octanol–water partition coefficient (Wildman–Crippen LogP) is 12.9. The van der Waals surface area contributed by atoms with Crippen molar-refractivity contribution >= 4 is 115 Å². The molecule has 14 rings (SSSR count). The molecular weight excluding hydrogens is 687 g/mol. The SMILES string of the molecule is c1ccc2c(c1)ccc1c2c2c3c4ccccc4n4c5ccccc5c(cc2n1-c1nc(-n2c5ccccc5c5ccccc52)c2c(n1)oc1ccccc12)c34. The molecule has 0 fully saturated rings. The van der Waals surface area contributed by atoms with Gasteiger partial charge in [0.25, 0.3) is 0 Å². The summed E-state index contributed by atoms with van der Waals surface area (Å²) in [7, 11) is 0. The van der Waals surface area contributed by atoms with Crippen LogP contribution in [0.25, 0.3) is 126 Å². The van der Waals surface area contributed by atoms with Crippen molar-refractivity contribution < 1.29 is 4.42 Å². The van der Waals surface area contributed by atoms with Gasteiger partial charge in [-0.05, 0) is 53.2 Å². The molecule has 6 aromatic heterocycles. The van der Waals surface area contributed by atoms with Gasteiger partial charge >= 0.3 is 0 Å². The zero-order chi connectivity index (χ0) is 36.2. The fraction of sp³-hybridized carbons (Fsp3) is 0. The molecule has 0 bridgehead atoms. The van der Waals surface area contributed by atoms with Crippen LogP contribution in [0.3, 0.4) is 0 Å². The van der Waals surface area contributed by atoms with Crippen molar-refractivity contribution in [2.45, 2.75) is 0 Å². The van der Waals surface area contributed by atoms with E-state index in [1.165, 1.54) is 70.4 Å². The number of nitrogens with zero attached hydrogens (tertiary/aromatic N) is 5. The highest BCUT2D eigenvalue weighted by atomic mass is 16.3. The maximum absolute atomic E-state index is 6.68. The third-order valence-corrected chi connectivity index (χ3v) is 12.2. The second-order valence-corrected chi connectivity index (χ2v) is 14.9. The van der Waals surface area contributed by atoms with Crippen LogP contribution in [0.5, 0.6) is 0 Å². The van der Waals surface area contributed by atoms with Crippen molar-refractivity contribution in [3.05, 3.63) is 164 Å². The van der Waals surface area contributed by atoms with E-state index in [-0.39, 0.29) is 0 Å². The molecule has 14 aromatic rings. The maximum Gasteiger partial charge on any atom is 0.240 e. The molecule has 6 nitrogen and oxygen atoms in total. The van der Waals surface area contributed by atoms with Gasteiger partial charge in [-0.3, -0.25) is 9.13 Å². The van der Waals surface area contributed by atoms with Crippen molar-refractivity contribution in [2.24, 2.45) is 0 Å². The molecule has 0 N–H and O–H groups in total. The van der Waals surface area contributed by atoms with Gasteiger partial charge in [0.2, 0.25) is 11.7 Å². The van der Waals surface area contributed by atoms with E-state index in [1.54, 1.807) is 0 Å². The zero-order valence-corrected chi connectivity index (χ0v) is 29.7. The van der Waals surface area contributed by atoms with Crippen molar-refractivity contribution in [3.63, 3.8) is 0 Å². The van der Waals surface area contributed by atoms with Crippen molar-refractivity contribution in [1.82, 2.24) is 23.5 Å². The summed E-state index contributed by atoms with van der Waals surface area (Å²) in [6, 6.07) is 58.5. The lowest BCUT2D eigenvalue weighted by atomic mass is 9.99. The first kappa shape index (κ1) is 28.8. The van der Waals surface area contributed by atoms with Gasteiger partial charge in [-0.2, -0.15) is 9.97 Å². The highest BCUT2D eigenvalue weighted by molar-refractivity contribution is 6.38. The van der Waals surface area contributed by atoms with Crippen LogP contribution in [0.1, 0.15) is 0 Å². The lowest BCUT2D eigenvalue weighted by Crippen LogP contribution is -2.06. The molecular formula is C50H27N5O. The summed E-state index contributed by atoms with van der Waals surface area (Å²) >= 11 is 0. The lowest BCUT2D eigenvalue weighted by Gasteiger charge is -2.12. The summed E-state index contributed by atoms with van der Waals surface area (Å²) in [6.07, 6.45) is 0. The summed E-state index contributed by atoms with van der Waals surface area (Å²) in [5.74, 6) is 1.35. The van der Waals surface area contributed by atoms with E-state index in [1.807, 2.05) is 12.1 Å². The van der Waals surface area contributed by atoms with Gasteiger partial charge in [0.1, 0.15) is 5.58 Å². The van der Waals surface area contributed by atoms with E-state index in [9.17, 15) is 0 Å². The topological polar surface area (TPSA) is 53.2 Å². The van der Waals surface area contributed by atoms with Crippen LogP contribution >= 0.6 is 0 Å². The highest BCUT2D eigenvalue weighted by Gasteiger charge is 2.28. The quantitative estimate of drug-likeness (QED) is 0.179. The first-order chi connectivity index (χ1) is 27.8. The summed E-state index contributed by atoms with van der Waals surface area (Å²) in [4.78, 5) is 11.1. The third-order valence-electron chi connectivity index (χ3n) is 12.2. The molecule has 0 aliphatic rings. The minimum atomic E-state index is 0.552. The number of furan rings is 1. The number of rotatable bonds is 2. The van der Waals surface area contributed by atoms with Crippen LogP contribution in [-0.4, -0.2) is 23.5 Å². The standard InChI is InChI=1S/C50H27N5O/c1-2-14-29-28(13-1)25-26-40-43(29)46-41(27-35-32-17-5-8-20-36(32)53-39-23-11-6-18-33(39)44(46)47(35)53)55(40)50-51-48(45-34-19-7-12-24-42(34)56-49(45)52-50)54-37-21-9-3-15-30(37)31-16-4-10-22-38(31)54/h1-27H. The van der Waals surface area contributed by atoms with Gasteiger partial charge in [0, 0.05) is 48.5 Å². The second kappa shape index (κ2) is 10.1. The molecule has 0 amide bonds. The van der Waals surface area contributed by atoms with E-state index in [2.05, 4.69) is 165 Å². The van der Waals surface area contributed by atoms with Gasteiger partial charge in [0.05, 0.1) is 44.0 Å². The summed E-state index contributed by atoms with van der Waals surface area (Å²) in [6.45, 7) is 0. The number of para-hydroxylation sites is 5. The number of hydrogen-bond acceptors (Lipinski definition) is 3. The largest absolute Gasteiger partial charge is 0.437 e. The van der Waals surface area contributed by atoms with Crippen molar-refractivity contribution in [1.29, 1.82) is 0 Å². The summed E-state index contributed by atoms with van der Waals surface area (Å²) in [5.41, 5.74) is 9.25. The molecule has 6 heterocycles. The molecule has 56 heavy (non-hydrogen) atoms. The van der Waals surface area contributed by atoms with Crippen LogP contribution in [-0.2, 0) is 0 Å². The zero-order valence-electron chi connectivity index (χ0n) is 29.7. The van der Waals surface area contributed by atoms with Crippen molar-refractivity contribution in [3.8, 4) is 11.8 Å². The minimum absolute atomic E-state index is 0.552. The van der Waals surface area contributed by atoms with Gasteiger partial charge in [-0.15, -0.1) is 0 Å². The van der Waals surface area contributed by atoms with E-state index in [0.29, 0.717) is 11.7 Å². The molecule has 0 unspecified atom stereocenters. The molecule has 6 heteroatoms. The Balaban J connectivity index is 1.24. The molecule has 0 atom stereocenters. The predicted molar refractivity (Wildman–Crippen MR) is 230 cm³/mol. The molecule has 0 aliphatic heterocycles. The Bertz CT molecular complexity index is 3960. The van der Waals surface area contributed by atoms with E-state index >= 15 is 0 Å². The second-order valence-electron chi connectivity index (χ2n) is 14.9. The molecule has 0 radical (unpaired) electrons. The molecule has 0 aliphatic carbocycles. The van der Waals surface area contributed by atoms with E-state index in [4.69, 9.17) is 14.4 Å². The van der Waals surface area contributed by atoms with Gasteiger partial charge in [-0.25, -0.2) is 0 Å². The first-order valence-electron chi connectivity index (χ1n) is 19.0. The van der Waals surface area contributed by atoms with Gasteiger partial charge in [0.15, 0.2) is 5.82 Å². The Hall–Kier alpha value is -7.70. The average molecular weight is 714 g/mol. The number of hydrogen-bond donors (Lipinski definition) is 0. The summed E-state index contributed by atoms with van der Waals surface area (Å²) in [5, 5.41) is 13.9. The number of fused-ring (bicyclic) bond motifs is 18. The molecule has 0 saturated heterocycles. The Morgan fingerprint density at radius 1 is 0.375 bits per heavy atom. The summed E-state index contributed by atoms with van der Waals surface area (Å²) < 4.78 is 13.7. The van der Waals surface area contributed by atoms with E-state index < -0.39 is 0 Å². The Kier molecular flexibility index (Phi) is 5.18. The number of benzene rings is 8. The van der Waals surface area contributed by atoms with Gasteiger partial charge < -0.3 is 8.82 Å².